The lowest BCUT2D eigenvalue weighted by atomic mass is 10.2. The second-order valence-electron chi connectivity index (χ2n) is 4.27. The molecule has 2 aromatic carbocycles. The van der Waals surface area contributed by atoms with Gasteiger partial charge in [0, 0.05) is 0 Å². The maximum Gasteiger partial charge on any atom is 0.314 e. The first-order valence-corrected chi connectivity index (χ1v) is 6.45. The van der Waals surface area contributed by atoms with Crippen molar-refractivity contribution < 1.29 is 4.68 Å². The van der Waals surface area contributed by atoms with E-state index in [2.05, 4.69) is 17.2 Å². The molecule has 3 rings (SSSR count). The highest BCUT2D eigenvalue weighted by Gasteiger charge is 2.20. The first kappa shape index (κ1) is 11.9. The maximum absolute atomic E-state index is 5.37. The van der Waals surface area contributed by atoms with Crippen LogP contribution in [0.25, 0.3) is 17.1 Å². The Morgan fingerprint density at radius 2 is 1.53 bits per heavy atom. The number of benzene rings is 2. The van der Waals surface area contributed by atoms with Crippen LogP contribution in [-0.2, 0) is 19.7 Å². The van der Waals surface area contributed by atoms with E-state index in [-0.39, 0.29) is 0 Å². The van der Waals surface area contributed by atoms with Gasteiger partial charge in [-0.1, -0.05) is 41.5 Å². The van der Waals surface area contributed by atoms with Crippen LogP contribution >= 0.6 is 0 Å². The minimum Gasteiger partial charge on any atom is -0.712 e. The Balaban J connectivity index is 2.26. The molecule has 3 nitrogen and oxygen atoms in total. The van der Waals surface area contributed by atoms with Gasteiger partial charge in [0.15, 0.2) is 0 Å². The zero-order valence-electron chi connectivity index (χ0n) is 10.5. The van der Waals surface area contributed by atoms with E-state index < -0.39 is 0 Å². The van der Waals surface area contributed by atoms with Crippen LogP contribution in [0.4, 0.5) is 0 Å². The van der Waals surface area contributed by atoms with Gasteiger partial charge in [0.1, 0.15) is 17.9 Å². The van der Waals surface area contributed by atoms with Gasteiger partial charge in [0.05, 0.1) is 5.56 Å². The molecule has 0 atom stereocenters. The molecule has 1 heterocycles. The van der Waals surface area contributed by atoms with Crippen LogP contribution < -0.4 is 4.68 Å². The number of para-hydroxylation sites is 1. The Morgan fingerprint density at radius 1 is 0.947 bits per heavy atom. The minimum atomic E-state index is 0.563. The highest BCUT2D eigenvalue weighted by Crippen LogP contribution is 2.20. The lowest BCUT2D eigenvalue weighted by Crippen LogP contribution is -2.33. The predicted molar refractivity (Wildman–Crippen MR) is 75.8 cm³/mol. The predicted octanol–water partition coefficient (Wildman–Crippen LogP) is 2.27. The molecular formula is C15H13N3S. The van der Waals surface area contributed by atoms with E-state index >= 15 is 0 Å². The third-order valence-electron chi connectivity index (χ3n) is 2.99. The van der Waals surface area contributed by atoms with Crippen LogP contribution in [0.2, 0.25) is 0 Å². The molecule has 0 radical (unpaired) electrons. The molecule has 1 aromatic heterocycles. The Kier molecular flexibility index (Phi) is 3.01. The molecule has 4 heteroatoms. The van der Waals surface area contributed by atoms with E-state index in [1.165, 1.54) is 0 Å². The summed E-state index contributed by atoms with van der Waals surface area (Å²) in [6.07, 6.45) is 0. The molecule has 0 aliphatic rings. The van der Waals surface area contributed by atoms with Crippen molar-refractivity contribution in [1.82, 2.24) is 9.67 Å². The van der Waals surface area contributed by atoms with Crippen molar-refractivity contribution in [3.8, 4) is 17.1 Å². The third kappa shape index (κ3) is 2.11. The number of rotatable bonds is 2. The number of hydrogen-bond donors (Lipinski definition) is 0. The van der Waals surface area contributed by atoms with Gasteiger partial charge in [-0.3, -0.25) is 0 Å². The molecule has 0 N–H and O–H groups in total. The van der Waals surface area contributed by atoms with Crippen LogP contribution in [0.15, 0.2) is 65.8 Å². The van der Waals surface area contributed by atoms with Gasteiger partial charge >= 0.3 is 5.82 Å². The molecule has 0 aliphatic carbocycles. The van der Waals surface area contributed by atoms with Gasteiger partial charge in [-0.05, 0) is 24.3 Å². The SMILES string of the molecule is C[n+]1nc([S-])n(-c2ccccc2)c1-c1ccccc1. The Bertz CT molecular complexity index is 630. The van der Waals surface area contributed by atoms with Gasteiger partial charge in [-0.15, -0.1) is 4.68 Å². The number of aromatic nitrogens is 3. The Hall–Kier alpha value is -2.20. The summed E-state index contributed by atoms with van der Waals surface area (Å²) in [4.78, 5) is 0. The summed E-state index contributed by atoms with van der Waals surface area (Å²) in [6, 6.07) is 20.2. The summed E-state index contributed by atoms with van der Waals surface area (Å²) in [7, 11) is 1.91. The summed E-state index contributed by atoms with van der Waals surface area (Å²) < 4.78 is 3.81. The highest BCUT2D eigenvalue weighted by molar-refractivity contribution is 7.58. The van der Waals surface area contributed by atoms with E-state index in [0.717, 1.165) is 17.1 Å². The molecule has 0 spiro atoms. The van der Waals surface area contributed by atoms with E-state index in [1.54, 1.807) is 0 Å². The number of nitrogens with zero attached hydrogens (tertiary/aromatic N) is 3. The van der Waals surface area contributed by atoms with E-state index in [4.69, 9.17) is 12.6 Å². The quantitative estimate of drug-likeness (QED) is 0.525. The van der Waals surface area contributed by atoms with Crippen molar-refractivity contribution in [2.75, 3.05) is 0 Å². The lowest BCUT2D eigenvalue weighted by molar-refractivity contribution is -0.720. The van der Waals surface area contributed by atoms with E-state index in [1.807, 2.05) is 64.8 Å². The van der Waals surface area contributed by atoms with Gasteiger partial charge in [0.2, 0.25) is 0 Å². The first-order valence-electron chi connectivity index (χ1n) is 6.04. The smallest absolute Gasteiger partial charge is 0.314 e. The normalized spacial score (nSPS) is 10.6. The fourth-order valence-corrected chi connectivity index (χ4v) is 2.48. The number of hydrogen-bond acceptors (Lipinski definition) is 2. The van der Waals surface area contributed by atoms with Gasteiger partial charge in [0.25, 0.3) is 0 Å². The highest BCUT2D eigenvalue weighted by atomic mass is 32.1. The number of aryl methyl sites for hydroxylation is 1. The molecule has 0 unspecified atom stereocenters. The summed E-state index contributed by atoms with van der Waals surface area (Å²) in [6.45, 7) is 0. The van der Waals surface area contributed by atoms with Crippen LogP contribution in [0, 0.1) is 0 Å². The average molecular weight is 267 g/mol. The van der Waals surface area contributed by atoms with Crippen molar-refractivity contribution >= 4 is 12.6 Å². The second-order valence-corrected chi connectivity index (χ2v) is 4.63. The first-order chi connectivity index (χ1) is 9.27. The Labute approximate surface area is 117 Å². The fourth-order valence-electron chi connectivity index (χ4n) is 2.17. The van der Waals surface area contributed by atoms with Gasteiger partial charge in [-0.2, -0.15) is 4.57 Å². The van der Waals surface area contributed by atoms with Crippen molar-refractivity contribution in [3.05, 3.63) is 60.7 Å². The van der Waals surface area contributed by atoms with Gasteiger partial charge in [-0.25, -0.2) is 0 Å². The fraction of sp³-hybridized carbons (Fsp3) is 0.0667. The molecule has 3 aromatic rings. The topological polar surface area (TPSA) is 21.7 Å². The standard InChI is InChI=1S/C15H13N3S/c1-17-14(12-8-4-2-5-9-12)18(15(19)16-17)13-10-6-3-7-11-13/h2-11H,1H3. The largest absolute Gasteiger partial charge is 0.712 e. The zero-order chi connectivity index (χ0) is 13.2. The summed E-state index contributed by atoms with van der Waals surface area (Å²) in [5.41, 5.74) is 2.12. The van der Waals surface area contributed by atoms with Crippen molar-refractivity contribution in [1.29, 1.82) is 0 Å². The molecule has 0 amide bonds. The summed E-state index contributed by atoms with van der Waals surface area (Å²) >= 11 is 5.37. The molecule has 19 heavy (non-hydrogen) atoms. The van der Waals surface area contributed by atoms with Crippen molar-refractivity contribution in [3.63, 3.8) is 0 Å². The molecule has 0 saturated heterocycles. The van der Waals surface area contributed by atoms with Crippen molar-refractivity contribution in [2.45, 2.75) is 5.16 Å². The second kappa shape index (κ2) is 4.82. The minimum absolute atomic E-state index is 0.563. The third-order valence-corrected chi connectivity index (χ3v) is 3.26. The maximum atomic E-state index is 5.37. The molecular weight excluding hydrogens is 254 g/mol. The molecule has 94 valence electrons. The van der Waals surface area contributed by atoms with Crippen LogP contribution in [0.3, 0.4) is 0 Å². The van der Waals surface area contributed by atoms with E-state index in [0.29, 0.717) is 5.16 Å². The average Bonchev–Trinajstić information content (AvgIpc) is 2.75. The lowest BCUT2D eigenvalue weighted by Gasteiger charge is -2.05. The summed E-state index contributed by atoms with van der Waals surface area (Å²) in [5, 5.41) is 4.92. The molecule has 0 fully saturated rings. The molecule has 0 saturated carbocycles. The van der Waals surface area contributed by atoms with Crippen LogP contribution in [0.5, 0.6) is 0 Å². The summed E-state index contributed by atoms with van der Waals surface area (Å²) in [5.74, 6) is 0.983. The zero-order valence-corrected chi connectivity index (χ0v) is 11.3. The van der Waals surface area contributed by atoms with E-state index in [9.17, 15) is 0 Å². The monoisotopic (exact) mass is 267 g/mol. The Morgan fingerprint density at radius 3 is 2.16 bits per heavy atom. The van der Waals surface area contributed by atoms with Crippen molar-refractivity contribution in [2.24, 2.45) is 7.05 Å². The molecule has 0 aliphatic heterocycles. The molecule has 0 bridgehead atoms. The van der Waals surface area contributed by atoms with Gasteiger partial charge < -0.3 is 12.6 Å². The van der Waals surface area contributed by atoms with Crippen LogP contribution in [-0.4, -0.2) is 9.67 Å². The van der Waals surface area contributed by atoms with Crippen LogP contribution in [0.1, 0.15) is 0 Å².